The molecule has 0 aliphatic carbocycles. The van der Waals surface area contributed by atoms with Crippen molar-refractivity contribution in [2.45, 2.75) is 25.7 Å². The topological polar surface area (TPSA) is 30.3 Å². The molecule has 0 amide bonds. The second-order valence-electron chi connectivity index (χ2n) is 4.89. The highest BCUT2D eigenvalue weighted by atomic mass is 15.2. The van der Waals surface area contributed by atoms with Gasteiger partial charge < -0.3 is 4.90 Å². The highest BCUT2D eigenvalue weighted by molar-refractivity contribution is 4.82. The predicted octanol–water partition coefficient (Wildman–Crippen LogP) is 1.32. The normalized spacial score (nSPS) is 25.5. The van der Waals surface area contributed by atoms with Crippen LogP contribution in [0.4, 0.5) is 0 Å². The van der Waals surface area contributed by atoms with E-state index >= 15 is 0 Å². The summed E-state index contributed by atoms with van der Waals surface area (Å²) in [6.45, 7) is 6.83. The molecule has 3 heteroatoms. The van der Waals surface area contributed by atoms with E-state index in [1.165, 1.54) is 45.3 Å². The molecule has 2 aliphatic heterocycles. The van der Waals surface area contributed by atoms with Crippen LogP contribution in [0.5, 0.6) is 0 Å². The zero-order chi connectivity index (χ0) is 10.5. The van der Waals surface area contributed by atoms with Gasteiger partial charge in [0.1, 0.15) is 0 Å². The fourth-order valence-electron chi connectivity index (χ4n) is 2.76. The Labute approximate surface area is 92.7 Å². The third-order valence-corrected chi connectivity index (χ3v) is 3.72. The zero-order valence-corrected chi connectivity index (χ0v) is 9.49. The first-order chi connectivity index (χ1) is 7.38. The molecule has 0 atom stereocenters. The molecule has 0 unspecified atom stereocenters. The Bertz CT molecular complexity index is 220. The lowest BCUT2D eigenvalue weighted by atomic mass is 9.96. The van der Waals surface area contributed by atoms with E-state index in [0.717, 1.165) is 19.0 Å². The van der Waals surface area contributed by atoms with Crippen LogP contribution in [0.25, 0.3) is 0 Å². The summed E-state index contributed by atoms with van der Waals surface area (Å²) in [7, 11) is 0. The summed E-state index contributed by atoms with van der Waals surface area (Å²) < 4.78 is 0. The van der Waals surface area contributed by atoms with Gasteiger partial charge in [-0.1, -0.05) is 0 Å². The molecule has 0 aromatic carbocycles. The van der Waals surface area contributed by atoms with E-state index in [9.17, 15) is 0 Å². The van der Waals surface area contributed by atoms with Crippen LogP contribution in [-0.2, 0) is 0 Å². The number of hydrogen-bond acceptors (Lipinski definition) is 3. The van der Waals surface area contributed by atoms with E-state index in [-0.39, 0.29) is 0 Å². The molecule has 0 N–H and O–H groups in total. The standard InChI is InChI=1S/C12H21N3/c13-5-10-14-8-3-12(4-9-14)11-15-6-1-2-7-15/h12H,1-4,6-11H2. The van der Waals surface area contributed by atoms with Crippen molar-refractivity contribution in [3.05, 3.63) is 0 Å². The second kappa shape index (κ2) is 5.48. The number of nitrogens with zero attached hydrogens (tertiary/aromatic N) is 3. The molecule has 2 fully saturated rings. The molecule has 15 heavy (non-hydrogen) atoms. The van der Waals surface area contributed by atoms with Crippen LogP contribution in [0.15, 0.2) is 0 Å². The number of hydrogen-bond donors (Lipinski definition) is 0. The van der Waals surface area contributed by atoms with Gasteiger partial charge in [0, 0.05) is 6.54 Å². The summed E-state index contributed by atoms with van der Waals surface area (Å²) >= 11 is 0. The van der Waals surface area contributed by atoms with Gasteiger partial charge in [0.05, 0.1) is 12.6 Å². The SMILES string of the molecule is N#CCN1CCC(CN2CCCC2)CC1. The zero-order valence-electron chi connectivity index (χ0n) is 9.49. The summed E-state index contributed by atoms with van der Waals surface area (Å²) in [5.74, 6) is 0.887. The quantitative estimate of drug-likeness (QED) is 0.654. The Kier molecular flexibility index (Phi) is 3.99. The fourth-order valence-corrected chi connectivity index (χ4v) is 2.76. The first-order valence-electron chi connectivity index (χ1n) is 6.20. The van der Waals surface area contributed by atoms with Gasteiger partial charge >= 0.3 is 0 Å². The monoisotopic (exact) mass is 207 g/mol. The van der Waals surface area contributed by atoms with Gasteiger partial charge in [0.2, 0.25) is 0 Å². The van der Waals surface area contributed by atoms with Gasteiger partial charge in [-0.2, -0.15) is 5.26 Å². The Hall–Kier alpha value is -0.590. The van der Waals surface area contributed by atoms with Crippen molar-refractivity contribution in [3.63, 3.8) is 0 Å². The van der Waals surface area contributed by atoms with Gasteiger partial charge in [0.15, 0.2) is 0 Å². The van der Waals surface area contributed by atoms with Crippen molar-refractivity contribution in [1.29, 1.82) is 5.26 Å². The van der Waals surface area contributed by atoms with Crippen molar-refractivity contribution in [2.75, 3.05) is 39.3 Å². The van der Waals surface area contributed by atoms with E-state index in [2.05, 4.69) is 15.9 Å². The number of rotatable bonds is 3. The van der Waals surface area contributed by atoms with E-state index < -0.39 is 0 Å². The highest BCUT2D eigenvalue weighted by Gasteiger charge is 2.22. The first kappa shape index (κ1) is 10.9. The summed E-state index contributed by atoms with van der Waals surface area (Å²) in [6.07, 6.45) is 5.37. The van der Waals surface area contributed by atoms with Crippen LogP contribution in [0.2, 0.25) is 0 Å². The summed E-state index contributed by atoms with van der Waals surface area (Å²) in [6, 6.07) is 2.24. The molecule has 3 nitrogen and oxygen atoms in total. The van der Waals surface area contributed by atoms with Crippen LogP contribution in [0.1, 0.15) is 25.7 Å². The Morgan fingerprint density at radius 1 is 1.00 bits per heavy atom. The Balaban J connectivity index is 1.67. The van der Waals surface area contributed by atoms with Crippen molar-refractivity contribution in [2.24, 2.45) is 5.92 Å². The fraction of sp³-hybridized carbons (Fsp3) is 0.917. The Morgan fingerprint density at radius 2 is 1.67 bits per heavy atom. The van der Waals surface area contributed by atoms with Crippen molar-refractivity contribution >= 4 is 0 Å². The van der Waals surface area contributed by atoms with E-state index in [1.54, 1.807) is 0 Å². The van der Waals surface area contributed by atoms with Gasteiger partial charge in [-0.25, -0.2) is 0 Å². The van der Waals surface area contributed by atoms with Crippen LogP contribution < -0.4 is 0 Å². The molecule has 0 saturated carbocycles. The molecule has 2 saturated heterocycles. The van der Waals surface area contributed by atoms with Crippen LogP contribution >= 0.6 is 0 Å². The molecule has 0 aromatic rings. The third-order valence-electron chi connectivity index (χ3n) is 3.72. The van der Waals surface area contributed by atoms with Crippen molar-refractivity contribution < 1.29 is 0 Å². The predicted molar refractivity (Wildman–Crippen MR) is 60.5 cm³/mol. The molecule has 2 rings (SSSR count). The van der Waals surface area contributed by atoms with Gasteiger partial charge in [0.25, 0.3) is 0 Å². The largest absolute Gasteiger partial charge is 0.303 e. The van der Waals surface area contributed by atoms with Crippen molar-refractivity contribution in [3.8, 4) is 6.07 Å². The molecular weight excluding hydrogens is 186 g/mol. The Morgan fingerprint density at radius 3 is 2.27 bits per heavy atom. The molecule has 2 heterocycles. The maximum Gasteiger partial charge on any atom is 0.0865 e. The van der Waals surface area contributed by atoms with Gasteiger partial charge in [-0.15, -0.1) is 0 Å². The van der Waals surface area contributed by atoms with Gasteiger partial charge in [-0.05, 0) is 57.8 Å². The average molecular weight is 207 g/mol. The maximum absolute atomic E-state index is 8.61. The lowest BCUT2D eigenvalue weighted by Gasteiger charge is -2.32. The van der Waals surface area contributed by atoms with E-state index in [4.69, 9.17) is 5.26 Å². The number of nitriles is 1. The second-order valence-corrected chi connectivity index (χ2v) is 4.89. The minimum atomic E-state index is 0.621. The molecule has 2 aliphatic rings. The number of piperidine rings is 1. The lowest BCUT2D eigenvalue weighted by Crippen LogP contribution is -2.38. The van der Waals surface area contributed by atoms with Crippen LogP contribution in [0.3, 0.4) is 0 Å². The molecule has 0 bridgehead atoms. The molecular formula is C12H21N3. The molecule has 0 aromatic heterocycles. The summed E-state index contributed by atoms with van der Waals surface area (Å²) in [4.78, 5) is 4.89. The smallest absolute Gasteiger partial charge is 0.0865 e. The first-order valence-corrected chi connectivity index (χ1v) is 6.20. The average Bonchev–Trinajstić information content (AvgIpc) is 2.74. The number of likely N-dealkylation sites (tertiary alicyclic amines) is 2. The lowest BCUT2D eigenvalue weighted by molar-refractivity contribution is 0.166. The van der Waals surface area contributed by atoms with E-state index in [1.807, 2.05) is 0 Å². The van der Waals surface area contributed by atoms with E-state index in [0.29, 0.717) is 6.54 Å². The molecule has 0 spiro atoms. The molecule has 84 valence electrons. The third kappa shape index (κ3) is 3.19. The minimum absolute atomic E-state index is 0.621. The highest BCUT2D eigenvalue weighted by Crippen LogP contribution is 2.20. The molecule has 0 radical (unpaired) electrons. The summed E-state index contributed by atoms with van der Waals surface area (Å²) in [5.41, 5.74) is 0. The van der Waals surface area contributed by atoms with Crippen LogP contribution in [0, 0.1) is 17.2 Å². The summed E-state index contributed by atoms with van der Waals surface area (Å²) in [5, 5.41) is 8.61. The van der Waals surface area contributed by atoms with Crippen molar-refractivity contribution in [1.82, 2.24) is 9.80 Å². The minimum Gasteiger partial charge on any atom is -0.303 e. The maximum atomic E-state index is 8.61. The van der Waals surface area contributed by atoms with Gasteiger partial charge in [-0.3, -0.25) is 4.90 Å². The van der Waals surface area contributed by atoms with Crippen LogP contribution in [-0.4, -0.2) is 49.1 Å².